The Labute approximate surface area is 107 Å². The topological polar surface area (TPSA) is 44.1 Å². The lowest BCUT2D eigenvalue weighted by Crippen LogP contribution is -2.33. The Balaban J connectivity index is 2.39. The lowest BCUT2D eigenvalue weighted by molar-refractivity contribution is -0.168. The van der Waals surface area contributed by atoms with Crippen molar-refractivity contribution in [3.05, 3.63) is 17.5 Å². The van der Waals surface area contributed by atoms with Crippen LogP contribution in [0, 0.1) is 6.92 Å². The van der Waals surface area contributed by atoms with Crippen LogP contribution in [0.4, 0.5) is 17.6 Å². The molecule has 0 spiro atoms. The van der Waals surface area contributed by atoms with Crippen molar-refractivity contribution in [2.24, 2.45) is 7.05 Å². The molecule has 4 nitrogen and oxygen atoms in total. The van der Waals surface area contributed by atoms with E-state index in [1.54, 1.807) is 20.0 Å². The third-order valence-corrected chi connectivity index (χ3v) is 2.35. The van der Waals surface area contributed by atoms with Crippen LogP contribution in [0.2, 0.25) is 0 Å². The van der Waals surface area contributed by atoms with Gasteiger partial charge < -0.3 is 4.74 Å². The highest BCUT2D eigenvalue weighted by atomic mass is 19.3. The zero-order valence-corrected chi connectivity index (χ0v) is 10.5. The molecule has 0 bridgehead atoms. The Morgan fingerprint density at radius 3 is 2.63 bits per heavy atom. The first-order chi connectivity index (χ1) is 8.72. The summed E-state index contributed by atoms with van der Waals surface area (Å²) in [7, 11) is 1.64. The first-order valence-corrected chi connectivity index (χ1v) is 5.47. The zero-order valence-electron chi connectivity index (χ0n) is 10.5. The zero-order chi connectivity index (χ0) is 14.6. The highest BCUT2D eigenvalue weighted by Crippen LogP contribution is 2.22. The van der Waals surface area contributed by atoms with Crippen LogP contribution in [-0.2, 0) is 23.0 Å². The van der Waals surface area contributed by atoms with E-state index in [4.69, 9.17) is 0 Å². The molecule has 0 fully saturated rings. The molecule has 0 radical (unpaired) electrons. The number of aryl methyl sites for hydroxylation is 2. The van der Waals surface area contributed by atoms with Gasteiger partial charge in [-0.15, -0.1) is 0 Å². The number of rotatable bonds is 7. The SMILES string of the molecule is Cc1cc(CC(=O)COCC(F)(F)C(F)F)n(C)n1. The summed E-state index contributed by atoms with van der Waals surface area (Å²) in [5.41, 5.74) is 1.32. The Hall–Kier alpha value is -1.44. The van der Waals surface area contributed by atoms with Gasteiger partial charge in [-0.1, -0.05) is 0 Å². The number of nitrogens with zero attached hydrogens (tertiary/aromatic N) is 2. The normalized spacial score (nSPS) is 12.2. The third-order valence-electron chi connectivity index (χ3n) is 2.35. The van der Waals surface area contributed by atoms with Crippen molar-refractivity contribution in [3.63, 3.8) is 0 Å². The maximum atomic E-state index is 12.5. The van der Waals surface area contributed by atoms with Crippen LogP contribution in [0.1, 0.15) is 11.4 Å². The van der Waals surface area contributed by atoms with Gasteiger partial charge in [0.25, 0.3) is 0 Å². The number of alkyl halides is 4. The molecule has 1 aromatic rings. The standard InChI is InChI=1S/C11H14F4N2O2/c1-7-3-8(17(2)16-7)4-9(18)5-19-6-11(14,15)10(12)13/h3,10H,4-6H2,1-2H3. The first kappa shape index (κ1) is 15.6. The summed E-state index contributed by atoms with van der Waals surface area (Å²) in [6.07, 6.45) is -3.85. The van der Waals surface area contributed by atoms with Crippen LogP contribution in [0.3, 0.4) is 0 Å². The summed E-state index contributed by atoms with van der Waals surface area (Å²) in [5.74, 6) is -4.71. The van der Waals surface area contributed by atoms with Gasteiger partial charge in [0, 0.05) is 12.7 Å². The number of Topliss-reactive ketones (excluding diaryl/α,β-unsaturated/α-hetero) is 1. The average molecular weight is 282 g/mol. The van der Waals surface area contributed by atoms with E-state index in [2.05, 4.69) is 9.84 Å². The van der Waals surface area contributed by atoms with Crippen LogP contribution in [0.25, 0.3) is 0 Å². The molecule has 0 aliphatic carbocycles. The lowest BCUT2D eigenvalue weighted by atomic mass is 10.2. The first-order valence-electron chi connectivity index (χ1n) is 5.47. The molecule has 0 aromatic carbocycles. The van der Waals surface area contributed by atoms with E-state index in [0.29, 0.717) is 5.69 Å². The van der Waals surface area contributed by atoms with E-state index >= 15 is 0 Å². The number of hydrogen-bond acceptors (Lipinski definition) is 3. The van der Waals surface area contributed by atoms with Crippen molar-refractivity contribution in [1.82, 2.24) is 9.78 Å². The van der Waals surface area contributed by atoms with E-state index in [1.807, 2.05) is 0 Å². The number of ether oxygens (including phenoxy) is 1. The van der Waals surface area contributed by atoms with Crippen molar-refractivity contribution < 1.29 is 27.1 Å². The van der Waals surface area contributed by atoms with E-state index in [-0.39, 0.29) is 6.42 Å². The molecule has 0 saturated heterocycles. The van der Waals surface area contributed by atoms with Gasteiger partial charge in [-0.05, 0) is 13.0 Å². The van der Waals surface area contributed by atoms with Crippen molar-refractivity contribution in [2.45, 2.75) is 25.7 Å². The van der Waals surface area contributed by atoms with E-state index in [0.717, 1.165) is 5.69 Å². The Morgan fingerprint density at radius 2 is 2.16 bits per heavy atom. The lowest BCUT2D eigenvalue weighted by Gasteiger charge is -2.14. The number of carbonyl (C=O) groups is 1. The number of carbonyl (C=O) groups excluding carboxylic acids is 1. The molecule has 0 aliphatic rings. The van der Waals surface area contributed by atoms with Gasteiger partial charge in [-0.2, -0.15) is 13.9 Å². The monoisotopic (exact) mass is 282 g/mol. The van der Waals surface area contributed by atoms with Crippen molar-refractivity contribution in [3.8, 4) is 0 Å². The molecular formula is C11H14F4N2O2. The van der Waals surface area contributed by atoms with Gasteiger partial charge in [-0.25, -0.2) is 8.78 Å². The number of hydrogen-bond donors (Lipinski definition) is 0. The summed E-state index contributed by atoms with van der Waals surface area (Å²) < 4.78 is 54.4. The Bertz CT molecular complexity index is 446. The highest BCUT2D eigenvalue weighted by molar-refractivity contribution is 5.81. The van der Waals surface area contributed by atoms with E-state index in [1.165, 1.54) is 4.68 Å². The van der Waals surface area contributed by atoms with Gasteiger partial charge >= 0.3 is 12.3 Å². The second kappa shape index (κ2) is 6.14. The molecule has 1 aromatic heterocycles. The highest BCUT2D eigenvalue weighted by Gasteiger charge is 2.41. The molecule has 19 heavy (non-hydrogen) atoms. The molecule has 0 saturated carbocycles. The van der Waals surface area contributed by atoms with Gasteiger partial charge in [0.1, 0.15) is 13.2 Å². The predicted octanol–water partition coefficient (Wildman–Crippen LogP) is 1.76. The molecule has 0 N–H and O–H groups in total. The fraction of sp³-hybridized carbons (Fsp3) is 0.636. The predicted molar refractivity (Wildman–Crippen MR) is 58.4 cm³/mol. The molecule has 0 amide bonds. The van der Waals surface area contributed by atoms with E-state index in [9.17, 15) is 22.4 Å². The number of halogens is 4. The molecule has 108 valence electrons. The summed E-state index contributed by atoms with van der Waals surface area (Å²) in [6, 6.07) is 1.67. The fourth-order valence-corrected chi connectivity index (χ4v) is 1.45. The Morgan fingerprint density at radius 1 is 1.53 bits per heavy atom. The smallest absolute Gasteiger partial charge is 0.330 e. The van der Waals surface area contributed by atoms with Gasteiger partial charge in [0.15, 0.2) is 5.78 Å². The van der Waals surface area contributed by atoms with Crippen LogP contribution in [0.5, 0.6) is 0 Å². The number of ketones is 1. The largest absolute Gasteiger partial charge is 0.367 e. The molecular weight excluding hydrogens is 268 g/mol. The summed E-state index contributed by atoms with van der Waals surface area (Å²) >= 11 is 0. The second-order valence-corrected chi connectivity index (χ2v) is 4.17. The number of aromatic nitrogens is 2. The van der Waals surface area contributed by atoms with Crippen molar-refractivity contribution in [1.29, 1.82) is 0 Å². The minimum atomic E-state index is -4.23. The van der Waals surface area contributed by atoms with Gasteiger partial charge in [0.05, 0.1) is 12.1 Å². The van der Waals surface area contributed by atoms with Crippen LogP contribution in [0.15, 0.2) is 6.07 Å². The summed E-state index contributed by atoms with van der Waals surface area (Å²) in [4.78, 5) is 11.4. The molecule has 1 rings (SSSR count). The maximum Gasteiger partial charge on any atom is 0.330 e. The molecule has 0 atom stereocenters. The van der Waals surface area contributed by atoms with Crippen LogP contribution >= 0.6 is 0 Å². The van der Waals surface area contributed by atoms with Gasteiger partial charge in [0.2, 0.25) is 0 Å². The molecule has 0 aliphatic heterocycles. The minimum absolute atomic E-state index is 0.0441. The van der Waals surface area contributed by atoms with Crippen molar-refractivity contribution in [2.75, 3.05) is 13.2 Å². The van der Waals surface area contributed by atoms with Crippen LogP contribution < -0.4 is 0 Å². The maximum absolute atomic E-state index is 12.5. The van der Waals surface area contributed by atoms with Crippen molar-refractivity contribution >= 4 is 5.78 Å². The summed E-state index contributed by atoms with van der Waals surface area (Å²) in [5, 5.41) is 4.01. The Kier molecular flexibility index (Phi) is 5.04. The van der Waals surface area contributed by atoms with Gasteiger partial charge in [-0.3, -0.25) is 9.48 Å². The van der Waals surface area contributed by atoms with Crippen LogP contribution in [-0.4, -0.2) is 41.1 Å². The molecule has 8 heteroatoms. The quantitative estimate of drug-likeness (QED) is 0.716. The average Bonchev–Trinajstić information content (AvgIpc) is 2.56. The fourth-order valence-electron chi connectivity index (χ4n) is 1.45. The molecule has 0 unspecified atom stereocenters. The van der Waals surface area contributed by atoms with E-state index < -0.39 is 31.3 Å². The molecule has 1 heterocycles. The minimum Gasteiger partial charge on any atom is -0.367 e. The second-order valence-electron chi connectivity index (χ2n) is 4.17. The summed E-state index contributed by atoms with van der Waals surface area (Å²) in [6.45, 7) is -0.360. The third kappa shape index (κ3) is 4.62.